The minimum absolute atomic E-state index is 0.311. The molecule has 0 unspecified atom stereocenters. The second-order valence-corrected chi connectivity index (χ2v) is 6.56. The van der Waals surface area contributed by atoms with Gasteiger partial charge in [-0.2, -0.15) is 0 Å². The van der Waals surface area contributed by atoms with Gasteiger partial charge in [-0.1, -0.05) is 35.3 Å². The van der Waals surface area contributed by atoms with Crippen LogP contribution in [0.1, 0.15) is 26.3 Å². The molecule has 2 rings (SSSR count). The Morgan fingerprint density at radius 2 is 2.00 bits per heavy atom. The number of ether oxygens (including phenoxy) is 1. The Bertz CT molecular complexity index is 561. The predicted molar refractivity (Wildman–Crippen MR) is 82.2 cm³/mol. The van der Waals surface area contributed by atoms with Gasteiger partial charge in [0.15, 0.2) is 0 Å². The summed E-state index contributed by atoms with van der Waals surface area (Å²) in [7, 11) is 0. The second kappa shape index (κ2) is 5.66. The molecule has 1 aromatic rings. The Labute approximate surface area is 129 Å². The highest BCUT2D eigenvalue weighted by atomic mass is 35.5. The topological polar surface area (TPSA) is 29.5 Å². The quantitative estimate of drug-likeness (QED) is 0.756. The number of benzene rings is 1. The first-order valence-electron chi connectivity index (χ1n) is 6.38. The number of hydrogen-bond donors (Lipinski definition) is 0. The van der Waals surface area contributed by atoms with Crippen LogP contribution >= 0.6 is 23.2 Å². The van der Waals surface area contributed by atoms with E-state index in [1.807, 2.05) is 32.9 Å². The SMILES string of the molecule is CC(C)(C)OC(=O)N1CC=C(c2ccc(Cl)cc2Cl)C1. The summed E-state index contributed by atoms with van der Waals surface area (Å²) >= 11 is 12.1. The van der Waals surface area contributed by atoms with Gasteiger partial charge in [0.2, 0.25) is 0 Å². The van der Waals surface area contributed by atoms with Gasteiger partial charge in [0.25, 0.3) is 0 Å². The molecule has 0 spiro atoms. The van der Waals surface area contributed by atoms with Crippen molar-refractivity contribution >= 4 is 34.9 Å². The normalized spacial score (nSPS) is 15.2. The van der Waals surface area contributed by atoms with Crippen molar-refractivity contribution in [2.45, 2.75) is 26.4 Å². The van der Waals surface area contributed by atoms with Crippen molar-refractivity contribution in [3.8, 4) is 0 Å². The Morgan fingerprint density at radius 1 is 1.30 bits per heavy atom. The van der Waals surface area contributed by atoms with E-state index in [1.54, 1.807) is 17.0 Å². The number of carbonyl (C=O) groups is 1. The smallest absolute Gasteiger partial charge is 0.410 e. The summed E-state index contributed by atoms with van der Waals surface area (Å²) in [6.07, 6.45) is 1.67. The second-order valence-electron chi connectivity index (χ2n) is 5.71. The summed E-state index contributed by atoms with van der Waals surface area (Å²) in [5.41, 5.74) is 1.43. The molecule has 0 aromatic heterocycles. The van der Waals surface area contributed by atoms with Gasteiger partial charge in [0.05, 0.1) is 0 Å². The van der Waals surface area contributed by atoms with Crippen molar-refractivity contribution in [3.05, 3.63) is 39.9 Å². The molecule has 0 aliphatic carbocycles. The van der Waals surface area contributed by atoms with E-state index in [2.05, 4.69) is 0 Å². The number of carbonyl (C=O) groups excluding carboxylic acids is 1. The molecule has 0 N–H and O–H groups in total. The van der Waals surface area contributed by atoms with Gasteiger partial charge in [0.1, 0.15) is 5.60 Å². The van der Waals surface area contributed by atoms with Crippen molar-refractivity contribution in [1.29, 1.82) is 0 Å². The fourth-order valence-electron chi connectivity index (χ4n) is 1.97. The summed E-state index contributed by atoms with van der Waals surface area (Å²) in [6, 6.07) is 5.37. The molecule has 1 heterocycles. The Kier molecular flexibility index (Phi) is 4.31. The van der Waals surface area contributed by atoms with Gasteiger partial charge in [-0.05, 0) is 44.0 Å². The minimum Gasteiger partial charge on any atom is -0.444 e. The maximum absolute atomic E-state index is 12.0. The number of rotatable bonds is 1. The Balaban J connectivity index is 2.07. The molecule has 0 fully saturated rings. The van der Waals surface area contributed by atoms with Crippen LogP contribution in [-0.2, 0) is 4.74 Å². The zero-order chi connectivity index (χ0) is 14.9. The van der Waals surface area contributed by atoms with Crippen LogP contribution in [0.2, 0.25) is 10.0 Å². The first-order chi connectivity index (χ1) is 9.26. The summed E-state index contributed by atoms with van der Waals surface area (Å²) in [5, 5.41) is 1.19. The van der Waals surface area contributed by atoms with Crippen LogP contribution in [0.4, 0.5) is 4.79 Å². The van der Waals surface area contributed by atoms with Gasteiger partial charge in [0, 0.05) is 23.1 Å². The average molecular weight is 314 g/mol. The number of amides is 1. The van der Waals surface area contributed by atoms with Gasteiger partial charge < -0.3 is 9.64 Å². The highest BCUT2D eigenvalue weighted by Crippen LogP contribution is 2.30. The van der Waals surface area contributed by atoms with Crippen molar-refractivity contribution in [2.75, 3.05) is 13.1 Å². The molecular formula is C15H17Cl2NO2. The lowest BCUT2D eigenvalue weighted by Crippen LogP contribution is -2.35. The zero-order valence-electron chi connectivity index (χ0n) is 11.7. The molecule has 1 aliphatic rings. The molecule has 1 amide bonds. The third-order valence-electron chi connectivity index (χ3n) is 2.85. The molecule has 0 saturated carbocycles. The third kappa shape index (κ3) is 3.68. The van der Waals surface area contributed by atoms with Crippen molar-refractivity contribution in [1.82, 2.24) is 4.90 Å². The van der Waals surface area contributed by atoms with Gasteiger partial charge >= 0.3 is 6.09 Å². The number of halogens is 2. The highest BCUT2D eigenvalue weighted by Gasteiger charge is 2.26. The first kappa shape index (κ1) is 15.2. The predicted octanol–water partition coefficient (Wildman–Crippen LogP) is 4.63. The maximum Gasteiger partial charge on any atom is 0.410 e. The van der Waals surface area contributed by atoms with Crippen LogP contribution < -0.4 is 0 Å². The lowest BCUT2D eigenvalue weighted by atomic mass is 10.1. The van der Waals surface area contributed by atoms with Crippen LogP contribution in [-0.4, -0.2) is 29.7 Å². The van der Waals surface area contributed by atoms with E-state index in [9.17, 15) is 4.79 Å². The molecule has 0 saturated heterocycles. The molecule has 1 aliphatic heterocycles. The van der Waals surface area contributed by atoms with E-state index >= 15 is 0 Å². The third-order valence-corrected chi connectivity index (χ3v) is 3.40. The van der Waals surface area contributed by atoms with Crippen LogP contribution in [0.25, 0.3) is 5.57 Å². The van der Waals surface area contributed by atoms with E-state index in [1.165, 1.54) is 0 Å². The van der Waals surface area contributed by atoms with Crippen molar-refractivity contribution < 1.29 is 9.53 Å². The van der Waals surface area contributed by atoms with Crippen LogP contribution in [0, 0.1) is 0 Å². The first-order valence-corrected chi connectivity index (χ1v) is 7.14. The number of nitrogens with zero attached hydrogens (tertiary/aromatic N) is 1. The molecular weight excluding hydrogens is 297 g/mol. The van der Waals surface area contributed by atoms with E-state index in [4.69, 9.17) is 27.9 Å². The van der Waals surface area contributed by atoms with Gasteiger partial charge in [-0.15, -0.1) is 0 Å². The van der Waals surface area contributed by atoms with Crippen molar-refractivity contribution in [2.24, 2.45) is 0 Å². The van der Waals surface area contributed by atoms with Crippen LogP contribution in [0.15, 0.2) is 24.3 Å². The fraction of sp³-hybridized carbons (Fsp3) is 0.400. The average Bonchev–Trinajstić information content (AvgIpc) is 2.75. The van der Waals surface area contributed by atoms with E-state index in [-0.39, 0.29) is 6.09 Å². The Hall–Kier alpha value is -1.19. The summed E-state index contributed by atoms with van der Waals surface area (Å²) in [6.45, 7) is 6.58. The van der Waals surface area contributed by atoms with Gasteiger partial charge in [-0.25, -0.2) is 4.79 Å². The van der Waals surface area contributed by atoms with Crippen LogP contribution in [0.3, 0.4) is 0 Å². The lowest BCUT2D eigenvalue weighted by molar-refractivity contribution is 0.0306. The van der Waals surface area contributed by atoms with Crippen molar-refractivity contribution in [3.63, 3.8) is 0 Å². The standard InChI is InChI=1S/C15H17Cl2NO2/c1-15(2,3)20-14(19)18-7-6-10(9-18)12-5-4-11(16)8-13(12)17/h4-6,8H,7,9H2,1-3H3. The molecule has 20 heavy (non-hydrogen) atoms. The molecule has 0 atom stereocenters. The monoisotopic (exact) mass is 313 g/mol. The largest absolute Gasteiger partial charge is 0.444 e. The Morgan fingerprint density at radius 3 is 2.60 bits per heavy atom. The molecule has 5 heteroatoms. The summed E-state index contributed by atoms with van der Waals surface area (Å²) < 4.78 is 5.35. The number of hydrogen-bond acceptors (Lipinski definition) is 2. The summed E-state index contributed by atoms with van der Waals surface area (Å²) in [5.74, 6) is 0. The lowest BCUT2D eigenvalue weighted by Gasteiger charge is -2.24. The van der Waals surface area contributed by atoms with Crippen LogP contribution in [0.5, 0.6) is 0 Å². The molecule has 0 bridgehead atoms. The fourth-order valence-corrected chi connectivity index (χ4v) is 2.50. The molecule has 3 nitrogen and oxygen atoms in total. The minimum atomic E-state index is -0.488. The van der Waals surface area contributed by atoms with E-state index in [0.717, 1.165) is 11.1 Å². The summed E-state index contributed by atoms with van der Waals surface area (Å²) in [4.78, 5) is 13.6. The van der Waals surface area contributed by atoms with Gasteiger partial charge in [-0.3, -0.25) is 0 Å². The molecule has 1 aromatic carbocycles. The van der Waals surface area contributed by atoms with E-state index < -0.39 is 5.60 Å². The highest BCUT2D eigenvalue weighted by molar-refractivity contribution is 6.35. The molecule has 0 radical (unpaired) electrons. The maximum atomic E-state index is 12.0. The molecule has 108 valence electrons. The van der Waals surface area contributed by atoms with E-state index in [0.29, 0.717) is 23.1 Å². The zero-order valence-corrected chi connectivity index (χ0v) is 13.3.